The lowest BCUT2D eigenvalue weighted by Gasteiger charge is -2.36. The van der Waals surface area contributed by atoms with Gasteiger partial charge in [-0.05, 0) is 11.8 Å². The smallest absolute Gasteiger partial charge is 0.0110 e. The third kappa shape index (κ3) is 5.32. The van der Waals surface area contributed by atoms with Gasteiger partial charge in [-0.1, -0.05) is 36.7 Å². The highest BCUT2D eigenvalue weighted by molar-refractivity contribution is 9.09. The van der Waals surface area contributed by atoms with Crippen LogP contribution in [0.2, 0.25) is 0 Å². The lowest BCUT2D eigenvalue weighted by atomic mass is 10.1. The standard InChI is InChI=1S/C12H25BrN2/c1-11(2)9-14-4-6-15(7-5-14)10-12(3)8-13/h11-12H,4-10H2,1-3H3. The van der Waals surface area contributed by atoms with Gasteiger partial charge in [-0.2, -0.15) is 0 Å². The summed E-state index contributed by atoms with van der Waals surface area (Å²) in [5, 5.41) is 1.12. The first-order chi connectivity index (χ1) is 7.11. The van der Waals surface area contributed by atoms with E-state index in [4.69, 9.17) is 0 Å². The largest absolute Gasteiger partial charge is 0.301 e. The van der Waals surface area contributed by atoms with Gasteiger partial charge in [0.25, 0.3) is 0 Å². The van der Waals surface area contributed by atoms with Gasteiger partial charge in [0, 0.05) is 44.6 Å². The molecule has 1 atom stereocenters. The molecule has 0 saturated carbocycles. The van der Waals surface area contributed by atoms with Crippen LogP contribution in [-0.4, -0.2) is 54.4 Å². The highest BCUT2D eigenvalue weighted by atomic mass is 79.9. The Morgan fingerprint density at radius 2 is 1.40 bits per heavy atom. The summed E-state index contributed by atoms with van der Waals surface area (Å²) in [5.74, 6) is 1.58. The minimum atomic E-state index is 0.779. The molecule has 0 aromatic rings. The van der Waals surface area contributed by atoms with Crippen molar-refractivity contribution in [1.29, 1.82) is 0 Å². The van der Waals surface area contributed by atoms with Crippen molar-refractivity contribution in [2.45, 2.75) is 20.8 Å². The summed E-state index contributed by atoms with van der Waals surface area (Å²) < 4.78 is 0. The second-order valence-corrected chi connectivity index (χ2v) is 5.90. The van der Waals surface area contributed by atoms with E-state index in [9.17, 15) is 0 Å². The van der Waals surface area contributed by atoms with Crippen LogP contribution >= 0.6 is 15.9 Å². The summed E-state index contributed by atoms with van der Waals surface area (Å²) in [6.07, 6.45) is 0. The summed E-state index contributed by atoms with van der Waals surface area (Å²) >= 11 is 3.55. The van der Waals surface area contributed by atoms with Crippen LogP contribution in [-0.2, 0) is 0 Å². The van der Waals surface area contributed by atoms with Crippen LogP contribution in [0.1, 0.15) is 20.8 Å². The Morgan fingerprint density at radius 3 is 1.80 bits per heavy atom. The lowest BCUT2D eigenvalue weighted by Crippen LogP contribution is -2.48. The molecule has 1 heterocycles. The van der Waals surface area contributed by atoms with Gasteiger partial charge in [-0.3, -0.25) is 0 Å². The van der Waals surface area contributed by atoms with E-state index >= 15 is 0 Å². The predicted octanol–water partition coefficient (Wildman–Crippen LogP) is 2.29. The third-order valence-corrected chi connectivity index (χ3v) is 4.03. The molecule has 15 heavy (non-hydrogen) atoms. The van der Waals surface area contributed by atoms with Gasteiger partial charge >= 0.3 is 0 Å². The van der Waals surface area contributed by atoms with E-state index in [0.29, 0.717) is 0 Å². The Labute approximate surface area is 103 Å². The molecule has 0 bridgehead atoms. The van der Waals surface area contributed by atoms with Crippen LogP contribution in [0.4, 0.5) is 0 Å². The summed E-state index contributed by atoms with van der Waals surface area (Å²) in [4.78, 5) is 5.20. The Morgan fingerprint density at radius 1 is 0.933 bits per heavy atom. The van der Waals surface area contributed by atoms with Crippen LogP contribution in [0.15, 0.2) is 0 Å². The molecule has 0 N–H and O–H groups in total. The normalized spacial score (nSPS) is 22.2. The van der Waals surface area contributed by atoms with Gasteiger partial charge < -0.3 is 9.80 Å². The summed E-state index contributed by atoms with van der Waals surface area (Å²) in [5.41, 5.74) is 0. The zero-order valence-corrected chi connectivity index (χ0v) is 12.0. The summed E-state index contributed by atoms with van der Waals surface area (Å²) in [6.45, 7) is 14.5. The number of alkyl halides is 1. The molecule has 1 unspecified atom stereocenters. The number of halogens is 1. The molecule has 0 amide bonds. The third-order valence-electron chi connectivity index (χ3n) is 2.92. The van der Waals surface area contributed by atoms with Crippen molar-refractivity contribution < 1.29 is 0 Å². The second-order valence-electron chi connectivity index (χ2n) is 5.25. The van der Waals surface area contributed by atoms with Gasteiger partial charge in [0.2, 0.25) is 0 Å². The van der Waals surface area contributed by atoms with Crippen molar-refractivity contribution in [2.24, 2.45) is 11.8 Å². The summed E-state index contributed by atoms with van der Waals surface area (Å²) in [6, 6.07) is 0. The van der Waals surface area contributed by atoms with Crippen LogP contribution in [0.25, 0.3) is 0 Å². The zero-order valence-electron chi connectivity index (χ0n) is 10.4. The highest BCUT2D eigenvalue weighted by Crippen LogP contribution is 2.08. The molecule has 2 nitrogen and oxygen atoms in total. The Bertz CT molecular complexity index is 165. The minimum absolute atomic E-state index is 0.779. The number of rotatable bonds is 5. The Hall–Kier alpha value is 0.400. The lowest BCUT2D eigenvalue weighted by molar-refractivity contribution is 0.114. The maximum Gasteiger partial charge on any atom is 0.0110 e. The maximum atomic E-state index is 3.55. The van der Waals surface area contributed by atoms with Crippen LogP contribution in [0.3, 0.4) is 0 Å². The molecule has 0 aliphatic carbocycles. The van der Waals surface area contributed by atoms with Crippen LogP contribution in [0.5, 0.6) is 0 Å². The topological polar surface area (TPSA) is 6.48 Å². The molecule has 0 aromatic carbocycles. The first kappa shape index (κ1) is 13.5. The molecule has 90 valence electrons. The van der Waals surface area contributed by atoms with Gasteiger partial charge in [0.15, 0.2) is 0 Å². The number of hydrogen-bond donors (Lipinski definition) is 0. The van der Waals surface area contributed by atoms with E-state index in [2.05, 4.69) is 46.5 Å². The molecule has 0 aromatic heterocycles. The monoisotopic (exact) mass is 276 g/mol. The molecule has 1 fully saturated rings. The van der Waals surface area contributed by atoms with Crippen molar-refractivity contribution in [1.82, 2.24) is 9.80 Å². The fourth-order valence-corrected chi connectivity index (χ4v) is 2.37. The molecule has 1 aliphatic rings. The number of piperazine rings is 1. The maximum absolute atomic E-state index is 3.55. The fourth-order valence-electron chi connectivity index (χ4n) is 2.16. The molecule has 1 rings (SSSR count). The Kier molecular flexibility index (Phi) is 6.17. The van der Waals surface area contributed by atoms with E-state index in [0.717, 1.165) is 17.2 Å². The average molecular weight is 277 g/mol. The highest BCUT2D eigenvalue weighted by Gasteiger charge is 2.18. The van der Waals surface area contributed by atoms with Gasteiger partial charge in [0.1, 0.15) is 0 Å². The second kappa shape index (κ2) is 6.87. The van der Waals surface area contributed by atoms with Gasteiger partial charge in [-0.25, -0.2) is 0 Å². The van der Waals surface area contributed by atoms with E-state index in [1.807, 2.05) is 0 Å². The minimum Gasteiger partial charge on any atom is -0.301 e. The fraction of sp³-hybridized carbons (Fsp3) is 1.00. The van der Waals surface area contributed by atoms with Crippen molar-refractivity contribution in [3.63, 3.8) is 0 Å². The average Bonchev–Trinajstić information content (AvgIpc) is 2.20. The quantitative estimate of drug-likeness (QED) is 0.711. The van der Waals surface area contributed by atoms with Crippen LogP contribution < -0.4 is 0 Å². The molecule has 1 saturated heterocycles. The zero-order chi connectivity index (χ0) is 11.3. The molecule has 0 spiro atoms. The molecule has 3 heteroatoms. The van der Waals surface area contributed by atoms with Crippen molar-refractivity contribution in [3.05, 3.63) is 0 Å². The summed E-state index contributed by atoms with van der Waals surface area (Å²) in [7, 11) is 0. The van der Waals surface area contributed by atoms with Crippen molar-refractivity contribution >= 4 is 15.9 Å². The number of nitrogens with zero attached hydrogens (tertiary/aromatic N) is 2. The van der Waals surface area contributed by atoms with E-state index < -0.39 is 0 Å². The molecular weight excluding hydrogens is 252 g/mol. The molecule has 0 radical (unpaired) electrons. The van der Waals surface area contributed by atoms with E-state index in [1.54, 1.807) is 0 Å². The van der Waals surface area contributed by atoms with Crippen molar-refractivity contribution in [3.8, 4) is 0 Å². The molecular formula is C12H25BrN2. The Balaban J connectivity index is 2.18. The number of hydrogen-bond acceptors (Lipinski definition) is 2. The predicted molar refractivity (Wildman–Crippen MR) is 70.7 cm³/mol. The van der Waals surface area contributed by atoms with E-state index in [1.165, 1.54) is 39.3 Å². The first-order valence-corrected chi connectivity index (χ1v) is 7.24. The van der Waals surface area contributed by atoms with Gasteiger partial charge in [0.05, 0.1) is 0 Å². The SMILES string of the molecule is CC(C)CN1CCN(CC(C)CBr)CC1. The van der Waals surface area contributed by atoms with Crippen molar-refractivity contribution in [2.75, 3.05) is 44.6 Å². The first-order valence-electron chi connectivity index (χ1n) is 6.12. The molecule has 1 aliphatic heterocycles. The van der Waals surface area contributed by atoms with Crippen LogP contribution in [0, 0.1) is 11.8 Å². The van der Waals surface area contributed by atoms with E-state index in [-0.39, 0.29) is 0 Å². The van der Waals surface area contributed by atoms with Gasteiger partial charge in [-0.15, -0.1) is 0 Å².